The van der Waals surface area contributed by atoms with Gasteiger partial charge in [-0.15, -0.1) is 37.2 Å². The second kappa shape index (κ2) is 17.1. The second-order valence-corrected chi connectivity index (χ2v) is 2.81. The first-order valence-corrected chi connectivity index (χ1v) is 3.43. The number of hydrogen-bond donors (Lipinski definition) is 0. The molecule has 0 spiro atoms. The fourth-order valence-electron chi connectivity index (χ4n) is 0.386. The molecule has 5 heteroatoms. The first kappa shape index (κ1) is 22.6. The van der Waals surface area contributed by atoms with Gasteiger partial charge >= 0.3 is 59.0 Å². The van der Waals surface area contributed by atoms with E-state index in [4.69, 9.17) is 0 Å². The molecule has 0 aliphatic carbocycles. The van der Waals surface area contributed by atoms with E-state index in [2.05, 4.69) is 17.0 Å². The molecule has 0 heterocycles. The fraction of sp³-hybridized carbons (Fsp3) is 0.333. The van der Waals surface area contributed by atoms with Gasteiger partial charge < -0.3 is 0 Å². The molecule has 0 N–H and O–H groups in total. The summed E-state index contributed by atoms with van der Waals surface area (Å²) in [7, 11) is 0. The molecule has 67 valence electrons. The Balaban J connectivity index is -0.0000000817. The van der Waals surface area contributed by atoms with Gasteiger partial charge in [-0.3, -0.25) is 0 Å². The molecule has 0 aromatic heterocycles. The quantitative estimate of drug-likeness (QED) is 0.561. The molecule has 3 radical (unpaired) electrons. The first-order chi connectivity index (χ1) is 3.81. The van der Waals surface area contributed by atoms with E-state index in [9.17, 15) is 0 Å². The largest absolute Gasteiger partial charge is 0.147 e. The fourth-order valence-corrected chi connectivity index (χ4v) is 0.928. The van der Waals surface area contributed by atoms with E-state index in [1.54, 1.807) is 0 Å². The zero-order valence-corrected chi connectivity index (χ0v) is 10.7. The maximum Gasteiger partial charge on any atom is -0.147 e. The Hall–Kier alpha value is 0.853. The van der Waals surface area contributed by atoms with Crippen molar-refractivity contribution >= 4 is 54.0 Å². The summed E-state index contributed by atoms with van der Waals surface area (Å²) in [6, 6.07) is 0. The summed E-state index contributed by atoms with van der Waals surface area (Å²) >= 11 is 2.03. The van der Waals surface area contributed by atoms with Crippen LogP contribution in [0.15, 0.2) is 25.3 Å². The van der Waals surface area contributed by atoms with Crippen LogP contribution in [-0.2, 0) is 0 Å². The third-order valence-corrected chi connectivity index (χ3v) is 1.47. The van der Waals surface area contributed by atoms with Gasteiger partial charge in [0, 0.05) is 0 Å². The zero-order chi connectivity index (χ0) is 6.41. The van der Waals surface area contributed by atoms with Crippen LogP contribution in [0.4, 0.5) is 0 Å². The smallest absolute Gasteiger partial charge is 0.147 e. The van der Waals surface area contributed by atoms with Crippen molar-refractivity contribution in [2.45, 2.75) is 0 Å². The van der Waals surface area contributed by atoms with Gasteiger partial charge in [0.2, 0.25) is 0 Å². The van der Waals surface area contributed by atoms with E-state index in [0.717, 1.165) is 13.1 Å². The molecule has 11 heavy (non-hydrogen) atoms. The van der Waals surface area contributed by atoms with Crippen molar-refractivity contribution in [1.82, 2.24) is 3.86 Å². The molecule has 0 saturated carbocycles. The van der Waals surface area contributed by atoms with E-state index >= 15 is 0 Å². The number of rotatable bonds is 4. The van der Waals surface area contributed by atoms with E-state index in [1.165, 1.54) is 0 Å². The molecule has 0 fully saturated rings. The molecule has 0 aliphatic heterocycles. The Bertz CT molecular complexity index is 79.9. The van der Waals surface area contributed by atoms with Crippen molar-refractivity contribution in [3.8, 4) is 0 Å². The maximum absolute atomic E-state index is 3.61. The topological polar surface area (TPSA) is 3.24 Å². The molecule has 0 atom stereocenters. The van der Waals surface area contributed by atoms with E-state index in [1.807, 2.05) is 28.9 Å². The van der Waals surface area contributed by atoms with Crippen LogP contribution in [0.2, 0.25) is 0 Å². The summed E-state index contributed by atoms with van der Waals surface area (Å²) in [6.45, 7) is 9.09. The molecule has 0 unspecified atom stereocenters. The molecule has 0 bridgehead atoms. The number of nitrogens with zero attached hydrogens (tertiary/aromatic N) is 1. The Kier molecular flexibility index (Phi) is 35.2. The summed E-state index contributed by atoms with van der Waals surface area (Å²) in [5.74, 6) is 0. The van der Waals surface area contributed by atoms with E-state index in [0.29, 0.717) is 0 Å². The average molecular weight is 278 g/mol. The van der Waals surface area contributed by atoms with E-state index in [-0.39, 0.29) is 37.2 Å². The van der Waals surface area contributed by atoms with Crippen LogP contribution in [0.1, 0.15) is 0 Å². The van der Waals surface area contributed by atoms with Crippen LogP contribution in [-0.4, -0.2) is 33.7 Å². The van der Waals surface area contributed by atoms with Gasteiger partial charge in [-0.1, -0.05) is 0 Å². The third kappa shape index (κ3) is 18.1. The molecule has 0 aliphatic rings. The molecule has 0 amide bonds. The summed E-state index contributed by atoms with van der Waals surface area (Å²) in [5.41, 5.74) is 0. The van der Waals surface area contributed by atoms with Gasteiger partial charge in [-0.2, -0.15) is 0 Å². The molecule has 1 nitrogen and oxygen atoms in total. The summed E-state index contributed by atoms with van der Waals surface area (Å²) in [5, 5.41) is 0. The van der Waals surface area contributed by atoms with Crippen molar-refractivity contribution < 1.29 is 0 Å². The van der Waals surface area contributed by atoms with Crippen LogP contribution in [0.3, 0.4) is 0 Å². The van der Waals surface area contributed by atoms with Gasteiger partial charge in [0.25, 0.3) is 0 Å². The van der Waals surface area contributed by atoms with Crippen molar-refractivity contribution in [2.24, 2.45) is 0 Å². The normalized spacial score (nSPS) is 6.73. The van der Waals surface area contributed by atoms with Gasteiger partial charge in [0.15, 0.2) is 0 Å². The molecular formula is C6H13Cl3GeN. The number of halogens is 3. The summed E-state index contributed by atoms with van der Waals surface area (Å²) < 4.78 is 2.12. The minimum Gasteiger partial charge on any atom is -0.147 e. The Labute approximate surface area is 96.0 Å². The van der Waals surface area contributed by atoms with Gasteiger partial charge in [0.05, 0.1) is 0 Å². The monoisotopic (exact) mass is 278 g/mol. The first-order valence-electron chi connectivity index (χ1n) is 2.49. The SMILES string of the molecule is C=CC[N]([Ge])CC=C.Cl.Cl.Cl. The van der Waals surface area contributed by atoms with Gasteiger partial charge in [0.1, 0.15) is 0 Å². The molecule has 0 saturated heterocycles. The minimum atomic E-state index is 0. The van der Waals surface area contributed by atoms with Crippen molar-refractivity contribution in [2.75, 3.05) is 13.1 Å². The Morgan fingerprint density at radius 1 is 1.00 bits per heavy atom. The minimum absolute atomic E-state index is 0. The number of hydrogen-bond acceptors (Lipinski definition) is 1. The van der Waals surface area contributed by atoms with Gasteiger partial charge in [-0.05, 0) is 0 Å². The van der Waals surface area contributed by atoms with Crippen LogP contribution in [0, 0.1) is 0 Å². The third-order valence-electron chi connectivity index (χ3n) is 0.699. The van der Waals surface area contributed by atoms with E-state index < -0.39 is 0 Å². The zero-order valence-electron chi connectivity index (χ0n) is 6.16. The second-order valence-electron chi connectivity index (χ2n) is 1.48. The molecular weight excluding hydrogens is 265 g/mol. The summed E-state index contributed by atoms with van der Waals surface area (Å²) in [6.07, 6.45) is 3.76. The Morgan fingerprint density at radius 3 is 1.45 bits per heavy atom. The molecule has 0 rings (SSSR count). The van der Waals surface area contributed by atoms with Crippen LogP contribution in [0.5, 0.6) is 0 Å². The summed E-state index contributed by atoms with van der Waals surface area (Å²) in [4.78, 5) is 0. The average Bonchev–Trinajstić information content (AvgIpc) is 1.68. The van der Waals surface area contributed by atoms with Gasteiger partial charge in [-0.25, -0.2) is 0 Å². The predicted octanol–water partition coefficient (Wildman–Crippen LogP) is 2.01. The van der Waals surface area contributed by atoms with Crippen LogP contribution >= 0.6 is 37.2 Å². The Morgan fingerprint density at radius 2 is 1.27 bits per heavy atom. The van der Waals surface area contributed by atoms with Crippen LogP contribution in [0.25, 0.3) is 0 Å². The molecule has 0 aromatic rings. The molecule has 0 aromatic carbocycles. The van der Waals surface area contributed by atoms with Crippen molar-refractivity contribution in [3.05, 3.63) is 25.3 Å². The maximum atomic E-state index is 3.61. The standard InChI is InChI=1S/C6H10GeN.3ClH/c1-3-5-8(7)6-4-2;;;/h3-4H,1-2,5-6H2;3*1H. The van der Waals surface area contributed by atoms with Crippen LogP contribution < -0.4 is 0 Å². The van der Waals surface area contributed by atoms with Crippen molar-refractivity contribution in [3.63, 3.8) is 0 Å². The van der Waals surface area contributed by atoms with Crippen molar-refractivity contribution in [1.29, 1.82) is 0 Å². The predicted molar refractivity (Wildman–Crippen MR) is 59.5 cm³/mol.